The fraction of sp³-hybridized carbons (Fsp3) is 0.412. The molecule has 2 fully saturated rings. The smallest absolute Gasteiger partial charge is 0.276 e. The summed E-state index contributed by atoms with van der Waals surface area (Å²) in [4.78, 5) is 14.2. The zero-order chi connectivity index (χ0) is 17.1. The maximum absolute atomic E-state index is 12.6. The second-order valence-electron chi connectivity index (χ2n) is 5.74. The van der Waals surface area contributed by atoms with E-state index in [-0.39, 0.29) is 12.0 Å². The lowest BCUT2D eigenvalue weighted by atomic mass is 10.1. The van der Waals surface area contributed by atoms with Crippen LogP contribution in [0.1, 0.15) is 24.0 Å². The van der Waals surface area contributed by atoms with Gasteiger partial charge in [-0.2, -0.15) is 0 Å². The van der Waals surface area contributed by atoms with Gasteiger partial charge < -0.3 is 14.8 Å². The molecule has 7 heteroatoms. The van der Waals surface area contributed by atoms with Crippen molar-refractivity contribution in [2.45, 2.75) is 24.8 Å². The Bertz CT molecular complexity index is 686. The quantitative estimate of drug-likeness (QED) is 0.493. The van der Waals surface area contributed by atoms with Gasteiger partial charge in [0.2, 0.25) is 0 Å². The maximum Gasteiger partial charge on any atom is 0.276 e. The molecule has 0 bridgehead atoms. The fourth-order valence-corrected chi connectivity index (χ4v) is 3.37. The molecule has 3 rings (SSSR count). The Kier molecular flexibility index (Phi) is 5.38. The molecule has 1 unspecified atom stereocenters. The monoisotopic (exact) mass is 366 g/mol. The first-order valence-electron chi connectivity index (χ1n) is 7.81. The zero-order valence-corrected chi connectivity index (χ0v) is 15.0. The standard InChI is InChI=1S/C17H19ClN2O3S/c1-22-15-5-4-11(7-12(15)9-18)8-14-16(21)20(17(24)19-14)10-13-3-2-6-23-13/h4-5,7-8,13H,2-3,6,9-10H2,1H3,(H,19,24)/b14-8+. The van der Waals surface area contributed by atoms with Crippen molar-refractivity contribution in [3.63, 3.8) is 0 Å². The number of thiocarbonyl (C=S) groups is 1. The van der Waals surface area contributed by atoms with E-state index in [1.54, 1.807) is 18.1 Å². The largest absolute Gasteiger partial charge is 0.496 e. The molecule has 0 aromatic heterocycles. The van der Waals surface area contributed by atoms with E-state index in [4.69, 9.17) is 33.3 Å². The third-order valence-electron chi connectivity index (χ3n) is 4.13. The number of hydrogen-bond acceptors (Lipinski definition) is 4. The molecule has 2 aliphatic rings. The second kappa shape index (κ2) is 7.51. The van der Waals surface area contributed by atoms with Crippen LogP contribution in [0, 0.1) is 0 Å². The molecular formula is C17H19ClN2O3S. The minimum absolute atomic E-state index is 0.0666. The van der Waals surface area contributed by atoms with Gasteiger partial charge in [0.05, 0.1) is 25.6 Å². The number of carbonyl (C=O) groups is 1. The number of nitrogens with zero attached hydrogens (tertiary/aromatic N) is 1. The summed E-state index contributed by atoms with van der Waals surface area (Å²) in [5.74, 6) is 0.942. The van der Waals surface area contributed by atoms with E-state index in [9.17, 15) is 4.79 Å². The third-order valence-corrected chi connectivity index (χ3v) is 4.74. The predicted molar refractivity (Wildman–Crippen MR) is 96.9 cm³/mol. The minimum Gasteiger partial charge on any atom is -0.496 e. The molecule has 2 heterocycles. The van der Waals surface area contributed by atoms with Crippen molar-refractivity contribution in [1.82, 2.24) is 10.2 Å². The number of benzene rings is 1. The van der Waals surface area contributed by atoms with Crippen molar-refractivity contribution in [2.75, 3.05) is 20.3 Å². The number of halogens is 1. The summed E-state index contributed by atoms with van der Waals surface area (Å²) in [6, 6.07) is 5.62. The second-order valence-corrected chi connectivity index (χ2v) is 6.40. The van der Waals surface area contributed by atoms with Gasteiger partial charge in [-0.05, 0) is 48.8 Å². The Hall–Kier alpha value is -1.63. The lowest BCUT2D eigenvalue weighted by molar-refractivity contribution is -0.123. The Morgan fingerprint density at radius 3 is 3.04 bits per heavy atom. The van der Waals surface area contributed by atoms with Crippen LogP contribution in [0.5, 0.6) is 5.75 Å². The molecule has 2 saturated heterocycles. The summed E-state index contributed by atoms with van der Waals surface area (Å²) in [6.07, 6.45) is 3.84. The molecule has 0 saturated carbocycles. The first-order valence-corrected chi connectivity index (χ1v) is 8.75. The van der Waals surface area contributed by atoms with Crippen LogP contribution in [0.3, 0.4) is 0 Å². The molecule has 5 nitrogen and oxygen atoms in total. The van der Waals surface area contributed by atoms with Crippen molar-refractivity contribution < 1.29 is 14.3 Å². The van der Waals surface area contributed by atoms with Crippen molar-refractivity contribution in [2.24, 2.45) is 0 Å². The van der Waals surface area contributed by atoms with Gasteiger partial charge in [-0.15, -0.1) is 11.6 Å². The molecule has 0 spiro atoms. The van der Waals surface area contributed by atoms with Crippen molar-refractivity contribution >= 4 is 40.9 Å². The summed E-state index contributed by atoms with van der Waals surface area (Å²) in [5, 5.41) is 3.42. The van der Waals surface area contributed by atoms with Crippen molar-refractivity contribution in [3.05, 3.63) is 35.0 Å². The highest BCUT2D eigenvalue weighted by atomic mass is 35.5. The minimum atomic E-state index is -0.126. The van der Waals surface area contributed by atoms with Gasteiger partial charge in [0, 0.05) is 12.2 Å². The van der Waals surface area contributed by atoms with Crippen LogP contribution in [-0.4, -0.2) is 42.3 Å². The predicted octanol–water partition coefficient (Wildman–Crippen LogP) is 2.67. The van der Waals surface area contributed by atoms with E-state index in [1.165, 1.54) is 0 Å². The van der Waals surface area contributed by atoms with Crippen molar-refractivity contribution in [3.8, 4) is 5.75 Å². The fourth-order valence-electron chi connectivity index (χ4n) is 2.89. The van der Waals surface area contributed by atoms with Gasteiger partial charge in [-0.25, -0.2) is 0 Å². The topological polar surface area (TPSA) is 50.8 Å². The lowest BCUT2D eigenvalue weighted by Crippen LogP contribution is -2.37. The normalized spacial score (nSPS) is 22.3. The number of ether oxygens (including phenoxy) is 2. The molecular weight excluding hydrogens is 348 g/mol. The van der Waals surface area contributed by atoms with Crippen molar-refractivity contribution in [1.29, 1.82) is 0 Å². The highest BCUT2D eigenvalue weighted by molar-refractivity contribution is 7.80. The van der Waals surface area contributed by atoms with E-state index < -0.39 is 0 Å². The van der Waals surface area contributed by atoms with Crippen LogP contribution >= 0.6 is 23.8 Å². The number of nitrogens with one attached hydrogen (secondary N) is 1. The van der Waals surface area contributed by atoms with Crippen LogP contribution < -0.4 is 10.1 Å². The third kappa shape index (κ3) is 3.55. The van der Waals surface area contributed by atoms with E-state index in [1.807, 2.05) is 18.2 Å². The zero-order valence-electron chi connectivity index (χ0n) is 13.4. The SMILES string of the molecule is COc1ccc(/C=C2/NC(=S)N(CC3CCCO3)C2=O)cc1CCl. The molecule has 0 radical (unpaired) electrons. The highest BCUT2D eigenvalue weighted by Crippen LogP contribution is 2.24. The highest BCUT2D eigenvalue weighted by Gasteiger charge is 2.33. The van der Waals surface area contributed by atoms with Crippen LogP contribution in [0.25, 0.3) is 6.08 Å². The first kappa shape index (κ1) is 17.2. The van der Waals surface area contributed by atoms with E-state index in [0.29, 0.717) is 23.2 Å². The maximum atomic E-state index is 12.6. The number of amides is 1. The number of rotatable bonds is 5. The molecule has 0 aliphatic carbocycles. The lowest BCUT2D eigenvalue weighted by Gasteiger charge is -2.18. The van der Waals surface area contributed by atoms with Crippen LogP contribution in [0.2, 0.25) is 0 Å². The Morgan fingerprint density at radius 1 is 1.54 bits per heavy atom. The number of hydrogen-bond donors (Lipinski definition) is 1. The number of methoxy groups -OCH3 is 1. The van der Waals surface area contributed by atoms with Gasteiger partial charge in [-0.3, -0.25) is 9.69 Å². The van der Waals surface area contributed by atoms with E-state index in [0.717, 1.165) is 36.3 Å². The average molecular weight is 367 g/mol. The first-order chi connectivity index (χ1) is 11.6. The summed E-state index contributed by atoms with van der Waals surface area (Å²) in [7, 11) is 1.60. The summed E-state index contributed by atoms with van der Waals surface area (Å²) < 4.78 is 10.9. The Morgan fingerprint density at radius 2 is 2.38 bits per heavy atom. The van der Waals surface area contributed by atoms with Gasteiger partial charge in [0.15, 0.2) is 5.11 Å². The van der Waals surface area contributed by atoms with E-state index in [2.05, 4.69) is 5.32 Å². The Labute approximate surface area is 151 Å². The molecule has 1 aromatic carbocycles. The average Bonchev–Trinajstić information content (AvgIpc) is 3.19. The molecule has 1 N–H and O–H groups in total. The molecule has 1 amide bonds. The molecule has 128 valence electrons. The molecule has 2 aliphatic heterocycles. The van der Waals surface area contributed by atoms with Crippen LogP contribution in [-0.2, 0) is 15.4 Å². The van der Waals surface area contributed by atoms with Gasteiger partial charge in [0.25, 0.3) is 5.91 Å². The summed E-state index contributed by atoms with van der Waals surface area (Å²) in [6.45, 7) is 1.25. The molecule has 24 heavy (non-hydrogen) atoms. The van der Waals surface area contributed by atoms with Crippen LogP contribution in [0.15, 0.2) is 23.9 Å². The summed E-state index contributed by atoms with van der Waals surface area (Å²) in [5.41, 5.74) is 2.20. The number of carbonyl (C=O) groups excluding carboxylic acids is 1. The summed E-state index contributed by atoms with van der Waals surface area (Å²) >= 11 is 11.2. The van der Waals surface area contributed by atoms with Gasteiger partial charge in [-0.1, -0.05) is 6.07 Å². The van der Waals surface area contributed by atoms with Gasteiger partial charge >= 0.3 is 0 Å². The van der Waals surface area contributed by atoms with Gasteiger partial charge in [0.1, 0.15) is 11.4 Å². The number of alkyl halides is 1. The molecule has 1 atom stereocenters. The molecule has 1 aromatic rings. The van der Waals surface area contributed by atoms with Crippen LogP contribution in [0.4, 0.5) is 0 Å². The van der Waals surface area contributed by atoms with E-state index >= 15 is 0 Å². The Balaban J connectivity index is 1.78.